The Morgan fingerprint density at radius 2 is 1.88 bits per heavy atom. The lowest BCUT2D eigenvalue weighted by Gasteiger charge is -2.37. The summed E-state index contributed by atoms with van der Waals surface area (Å²) in [6.07, 6.45) is 1.35. The summed E-state index contributed by atoms with van der Waals surface area (Å²) in [6.45, 7) is 3.26. The first-order chi connectivity index (χ1) is 10.8. The first-order valence-corrected chi connectivity index (χ1v) is 7.58. The highest BCUT2D eigenvalue weighted by Gasteiger charge is 2.43. The molecular formula is C18H18O6. The van der Waals surface area contributed by atoms with Crippen LogP contribution in [-0.2, 0) is 12.0 Å². The average molecular weight is 330 g/mol. The Labute approximate surface area is 138 Å². The van der Waals surface area contributed by atoms with Crippen molar-refractivity contribution in [3.05, 3.63) is 46.2 Å². The lowest BCUT2D eigenvalue weighted by atomic mass is 9.73. The van der Waals surface area contributed by atoms with Crippen molar-refractivity contribution in [2.45, 2.75) is 38.4 Å². The number of carbonyl (C=O) groups is 2. The van der Waals surface area contributed by atoms with Gasteiger partial charge in [0.25, 0.3) is 0 Å². The van der Waals surface area contributed by atoms with Gasteiger partial charge in [-0.15, -0.1) is 0 Å². The van der Waals surface area contributed by atoms with Crippen LogP contribution in [0.3, 0.4) is 0 Å². The number of rotatable bonds is 0. The fourth-order valence-corrected chi connectivity index (χ4v) is 3.72. The second kappa shape index (κ2) is 5.11. The first kappa shape index (κ1) is 16.6. The molecule has 0 saturated carbocycles. The summed E-state index contributed by atoms with van der Waals surface area (Å²) in [6, 6.07) is 3.40. The average Bonchev–Trinajstić information content (AvgIpc) is 2.90. The number of benzene rings is 1. The molecule has 24 heavy (non-hydrogen) atoms. The van der Waals surface area contributed by atoms with E-state index in [1.54, 1.807) is 19.1 Å². The fourth-order valence-electron chi connectivity index (χ4n) is 3.72. The topological polar surface area (TPSA) is 119 Å². The summed E-state index contributed by atoms with van der Waals surface area (Å²) in [5, 5.41) is 20.6. The Balaban J connectivity index is 0.00000169. The van der Waals surface area contributed by atoms with Gasteiger partial charge in [-0.1, -0.05) is 12.1 Å². The first-order valence-electron chi connectivity index (χ1n) is 7.58. The van der Waals surface area contributed by atoms with Gasteiger partial charge >= 0.3 is 0 Å². The number of carbonyl (C=O) groups excluding carboxylic acids is 2. The van der Waals surface area contributed by atoms with Gasteiger partial charge in [-0.25, -0.2) is 0 Å². The molecule has 4 rings (SSSR count). The van der Waals surface area contributed by atoms with Crippen LogP contribution in [0.25, 0.3) is 11.3 Å². The minimum atomic E-state index is -1.44. The van der Waals surface area contributed by atoms with Crippen LogP contribution in [0.4, 0.5) is 0 Å². The van der Waals surface area contributed by atoms with Gasteiger partial charge in [-0.2, -0.15) is 0 Å². The van der Waals surface area contributed by atoms with Gasteiger partial charge in [0.2, 0.25) is 11.6 Å². The van der Waals surface area contributed by atoms with Gasteiger partial charge in [0.05, 0.1) is 17.9 Å². The van der Waals surface area contributed by atoms with Crippen LogP contribution in [0, 0.1) is 6.92 Å². The van der Waals surface area contributed by atoms with Crippen molar-refractivity contribution >= 4 is 11.6 Å². The monoisotopic (exact) mass is 330 g/mol. The molecule has 0 saturated heterocycles. The van der Waals surface area contributed by atoms with E-state index in [0.717, 1.165) is 0 Å². The number of hydrogen-bond donors (Lipinski definition) is 2. The third-order valence-electron chi connectivity index (χ3n) is 5.05. The Hall–Kier alpha value is -2.28. The lowest BCUT2D eigenvalue weighted by molar-refractivity contribution is -0.0765. The lowest BCUT2D eigenvalue weighted by Crippen LogP contribution is -2.42. The molecule has 126 valence electrons. The smallest absolute Gasteiger partial charge is 0.237 e. The molecule has 1 aromatic carbocycles. The number of hydrogen-bond acceptors (Lipinski definition) is 5. The molecule has 2 atom stereocenters. The van der Waals surface area contributed by atoms with Crippen LogP contribution < -0.4 is 0 Å². The van der Waals surface area contributed by atoms with Gasteiger partial charge in [-0.05, 0) is 43.4 Å². The van der Waals surface area contributed by atoms with E-state index >= 15 is 0 Å². The van der Waals surface area contributed by atoms with E-state index in [1.165, 1.54) is 13.2 Å². The minimum Gasteiger partial charge on any atom is -0.463 e. The molecule has 0 fully saturated rings. The van der Waals surface area contributed by atoms with E-state index in [-0.39, 0.29) is 5.48 Å². The molecule has 0 aliphatic heterocycles. The molecule has 2 aromatic rings. The quantitative estimate of drug-likeness (QED) is 0.706. The third kappa shape index (κ3) is 1.87. The Bertz CT molecular complexity index is 874. The highest BCUT2D eigenvalue weighted by Crippen LogP contribution is 2.44. The Morgan fingerprint density at radius 3 is 2.58 bits per heavy atom. The van der Waals surface area contributed by atoms with Crippen LogP contribution in [0.5, 0.6) is 0 Å². The summed E-state index contributed by atoms with van der Waals surface area (Å²) in [4.78, 5) is 25.1. The number of aryl methyl sites for hydroxylation is 1. The standard InChI is InChI=1S/C18H16O5.H2O/c1-8-7-23-17-10-3-5-11-9(4-6-12(19)18(11,2)22)14(10)16(21)15(20)13(8)17;/h3,5,7,12,19,22H,4,6H2,1-2H3;1H2/t12-,18-;/m1./s1. The van der Waals surface area contributed by atoms with Crippen molar-refractivity contribution in [1.29, 1.82) is 0 Å². The molecule has 0 amide bonds. The van der Waals surface area contributed by atoms with E-state index < -0.39 is 23.3 Å². The van der Waals surface area contributed by atoms with Gasteiger partial charge in [0.15, 0.2) is 0 Å². The summed E-state index contributed by atoms with van der Waals surface area (Å²) in [7, 11) is 0. The fraction of sp³-hybridized carbons (Fsp3) is 0.333. The predicted molar refractivity (Wildman–Crippen MR) is 85.1 cm³/mol. The molecule has 0 spiro atoms. The zero-order valence-corrected chi connectivity index (χ0v) is 13.3. The maximum atomic E-state index is 12.7. The van der Waals surface area contributed by atoms with Crippen LogP contribution in [0.1, 0.15) is 50.8 Å². The van der Waals surface area contributed by atoms with Crippen LogP contribution in [-0.4, -0.2) is 33.4 Å². The molecule has 2 aliphatic rings. The van der Waals surface area contributed by atoms with E-state index in [1.807, 2.05) is 0 Å². The molecule has 1 aromatic heterocycles. The Kier molecular flexibility index (Phi) is 3.53. The zero-order valence-electron chi connectivity index (χ0n) is 13.3. The number of aliphatic hydroxyl groups excluding tert-OH is 1. The molecule has 6 heteroatoms. The van der Waals surface area contributed by atoms with Crippen LogP contribution in [0.2, 0.25) is 0 Å². The minimum absolute atomic E-state index is 0. The summed E-state index contributed by atoms with van der Waals surface area (Å²) in [5.41, 5.74) is 1.56. The molecule has 6 nitrogen and oxygen atoms in total. The van der Waals surface area contributed by atoms with Gasteiger partial charge in [-0.3, -0.25) is 9.59 Å². The number of fused-ring (bicyclic) bond motifs is 5. The second-order valence-electron chi connectivity index (χ2n) is 6.50. The SMILES string of the molecule is Cc1coc2c1C(=O)C(=O)c1c-2ccc2c1CC[C@@H](O)[C@]2(C)O.O. The largest absolute Gasteiger partial charge is 0.463 e. The predicted octanol–water partition coefficient (Wildman–Crippen LogP) is 1.32. The second-order valence-corrected chi connectivity index (χ2v) is 6.50. The number of furan rings is 1. The van der Waals surface area contributed by atoms with Crippen molar-refractivity contribution in [3.63, 3.8) is 0 Å². The molecule has 2 aliphatic carbocycles. The highest BCUT2D eigenvalue weighted by atomic mass is 16.3. The Morgan fingerprint density at radius 1 is 1.21 bits per heavy atom. The van der Waals surface area contributed by atoms with Crippen molar-refractivity contribution < 1.29 is 29.7 Å². The molecular weight excluding hydrogens is 312 g/mol. The van der Waals surface area contributed by atoms with Crippen molar-refractivity contribution in [2.24, 2.45) is 0 Å². The van der Waals surface area contributed by atoms with E-state index in [2.05, 4.69) is 0 Å². The summed E-state index contributed by atoms with van der Waals surface area (Å²) >= 11 is 0. The van der Waals surface area contributed by atoms with Gasteiger partial charge < -0.3 is 20.1 Å². The molecule has 0 bridgehead atoms. The molecule has 4 N–H and O–H groups in total. The van der Waals surface area contributed by atoms with Crippen LogP contribution in [0.15, 0.2) is 22.8 Å². The van der Waals surface area contributed by atoms with Gasteiger partial charge in [0, 0.05) is 11.1 Å². The normalized spacial score (nSPS) is 24.8. The van der Waals surface area contributed by atoms with Crippen LogP contribution >= 0.6 is 0 Å². The molecule has 0 radical (unpaired) electrons. The van der Waals surface area contributed by atoms with E-state index in [9.17, 15) is 19.8 Å². The zero-order chi connectivity index (χ0) is 16.5. The molecule has 0 unspecified atom stereocenters. The number of ketones is 2. The van der Waals surface area contributed by atoms with Crippen molar-refractivity contribution in [1.82, 2.24) is 0 Å². The van der Waals surface area contributed by atoms with Crippen molar-refractivity contribution in [2.75, 3.05) is 0 Å². The number of aliphatic hydroxyl groups is 2. The van der Waals surface area contributed by atoms with Crippen molar-refractivity contribution in [3.8, 4) is 11.3 Å². The van der Waals surface area contributed by atoms with E-state index in [4.69, 9.17) is 4.42 Å². The maximum Gasteiger partial charge on any atom is 0.237 e. The summed E-state index contributed by atoms with van der Waals surface area (Å²) in [5.74, 6) is -0.727. The van der Waals surface area contributed by atoms with Gasteiger partial charge in [0.1, 0.15) is 11.4 Å². The summed E-state index contributed by atoms with van der Waals surface area (Å²) < 4.78 is 5.51. The maximum absolute atomic E-state index is 12.7. The van der Waals surface area contributed by atoms with E-state index in [0.29, 0.717) is 52.0 Å². The third-order valence-corrected chi connectivity index (χ3v) is 5.05. The molecule has 1 heterocycles. The highest BCUT2D eigenvalue weighted by molar-refractivity contribution is 6.53. The number of Topliss-reactive ketones (excluding diaryl/α,β-unsaturated/α-hetero) is 2.